The minimum absolute atomic E-state index is 0.00744. The van der Waals surface area contributed by atoms with E-state index in [9.17, 15) is 4.79 Å². The van der Waals surface area contributed by atoms with Gasteiger partial charge in [0.25, 0.3) is 0 Å². The van der Waals surface area contributed by atoms with Crippen molar-refractivity contribution < 1.29 is 4.79 Å². The topological polar surface area (TPSA) is 41.1 Å². The Morgan fingerprint density at radius 2 is 2.06 bits per heavy atom. The zero-order valence-electron chi connectivity index (χ0n) is 10.9. The first kappa shape index (κ1) is 15.8. The smallest absolute Gasteiger partial charge is 0.234 e. The molecule has 0 radical (unpaired) electrons. The Morgan fingerprint density at radius 1 is 1.44 bits per heavy atom. The van der Waals surface area contributed by atoms with E-state index in [-0.39, 0.29) is 24.0 Å². The van der Waals surface area contributed by atoms with Crippen LogP contribution in [0.3, 0.4) is 0 Å². The number of rotatable bonds is 4. The third-order valence-electron chi connectivity index (χ3n) is 2.23. The van der Waals surface area contributed by atoms with Gasteiger partial charge in [-0.1, -0.05) is 23.2 Å². The Bertz CT molecular complexity index is 426. The molecule has 1 aromatic heterocycles. The SMILES string of the molecule is CC(NCC(=O)NC(C)(C)C)c1cc(Cl)sc1Cl. The first-order chi connectivity index (χ1) is 8.19. The number of hydrogen-bond donors (Lipinski definition) is 2. The van der Waals surface area contributed by atoms with Crippen molar-refractivity contribution >= 4 is 40.4 Å². The third-order valence-corrected chi connectivity index (χ3v) is 3.75. The molecule has 1 rings (SSSR count). The van der Waals surface area contributed by atoms with Gasteiger partial charge in [0.2, 0.25) is 5.91 Å². The van der Waals surface area contributed by atoms with E-state index in [1.807, 2.05) is 33.8 Å². The molecule has 0 fully saturated rings. The van der Waals surface area contributed by atoms with Crippen molar-refractivity contribution in [3.63, 3.8) is 0 Å². The number of hydrogen-bond acceptors (Lipinski definition) is 3. The molecular weight excluding hydrogens is 291 g/mol. The van der Waals surface area contributed by atoms with E-state index in [2.05, 4.69) is 10.6 Å². The first-order valence-electron chi connectivity index (χ1n) is 5.68. The second-order valence-corrected chi connectivity index (χ2v) is 7.47. The van der Waals surface area contributed by atoms with Crippen molar-refractivity contribution in [2.75, 3.05) is 6.54 Å². The van der Waals surface area contributed by atoms with E-state index in [1.54, 1.807) is 0 Å². The van der Waals surface area contributed by atoms with Crippen molar-refractivity contribution in [3.05, 3.63) is 20.3 Å². The van der Waals surface area contributed by atoms with Crippen LogP contribution in [-0.2, 0) is 4.79 Å². The normalized spacial score (nSPS) is 13.4. The van der Waals surface area contributed by atoms with Crippen molar-refractivity contribution in [3.8, 4) is 0 Å². The Morgan fingerprint density at radius 3 is 2.50 bits per heavy atom. The van der Waals surface area contributed by atoms with Crippen LogP contribution in [0, 0.1) is 0 Å². The van der Waals surface area contributed by atoms with E-state index >= 15 is 0 Å². The fraction of sp³-hybridized carbons (Fsp3) is 0.583. The van der Waals surface area contributed by atoms with Gasteiger partial charge in [-0.25, -0.2) is 0 Å². The molecule has 6 heteroatoms. The molecule has 18 heavy (non-hydrogen) atoms. The lowest BCUT2D eigenvalue weighted by atomic mass is 10.1. The van der Waals surface area contributed by atoms with E-state index < -0.39 is 0 Å². The summed E-state index contributed by atoms with van der Waals surface area (Å²) >= 11 is 13.3. The van der Waals surface area contributed by atoms with Crippen LogP contribution in [-0.4, -0.2) is 18.0 Å². The van der Waals surface area contributed by atoms with Crippen LogP contribution >= 0.6 is 34.5 Å². The van der Waals surface area contributed by atoms with Gasteiger partial charge in [-0.15, -0.1) is 11.3 Å². The number of carbonyl (C=O) groups is 1. The van der Waals surface area contributed by atoms with E-state index in [4.69, 9.17) is 23.2 Å². The first-order valence-corrected chi connectivity index (χ1v) is 7.25. The van der Waals surface area contributed by atoms with E-state index in [1.165, 1.54) is 11.3 Å². The van der Waals surface area contributed by atoms with Gasteiger partial charge >= 0.3 is 0 Å². The zero-order chi connectivity index (χ0) is 13.9. The molecule has 0 spiro atoms. The summed E-state index contributed by atoms with van der Waals surface area (Å²) < 4.78 is 1.32. The van der Waals surface area contributed by atoms with Crippen LogP contribution in [0.1, 0.15) is 39.3 Å². The number of nitrogens with one attached hydrogen (secondary N) is 2. The average Bonchev–Trinajstić information content (AvgIpc) is 2.52. The molecule has 0 aromatic carbocycles. The molecule has 0 aliphatic heterocycles. The molecule has 0 saturated carbocycles. The maximum atomic E-state index is 11.7. The Hall–Kier alpha value is -0.290. The lowest BCUT2D eigenvalue weighted by molar-refractivity contribution is -0.121. The van der Waals surface area contributed by atoms with Gasteiger partial charge in [0.15, 0.2) is 0 Å². The zero-order valence-corrected chi connectivity index (χ0v) is 13.3. The summed E-state index contributed by atoms with van der Waals surface area (Å²) in [6.07, 6.45) is 0. The van der Waals surface area contributed by atoms with Crippen LogP contribution in [0.4, 0.5) is 0 Å². The Kier molecular flexibility index (Phi) is 5.46. The van der Waals surface area contributed by atoms with Crippen LogP contribution in [0.15, 0.2) is 6.07 Å². The van der Waals surface area contributed by atoms with Crippen LogP contribution in [0.25, 0.3) is 0 Å². The largest absolute Gasteiger partial charge is 0.350 e. The molecule has 1 amide bonds. The van der Waals surface area contributed by atoms with Gasteiger partial charge in [0, 0.05) is 11.6 Å². The summed E-state index contributed by atoms with van der Waals surface area (Å²) in [7, 11) is 0. The maximum Gasteiger partial charge on any atom is 0.234 e. The second-order valence-electron chi connectivity index (χ2n) is 5.18. The van der Waals surface area contributed by atoms with Crippen LogP contribution < -0.4 is 10.6 Å². The predicted molar refractivity (Wildman–Crippen MR) is 78.7 cm³/mol. The summed E-state index contributed by atoms with van der Waals surface area (Å²) in [5.41, 5.74) is 0.709. The van der Waals surface area contributed by atoms with Crippen LogP contribution in [0.2, 0.25) is 8.67 Å². The molecule has 3 nitrogen and oxygen atoms in total. The quantitative estimate of drug-likeness (QED) is 0.892. The highest BCUT2D eigenvalue weighted by molar-refractivity contribution is 7.20. The molecule has 2 N–H and O–H groups in total. The minimum atomic E-state index is -0.217. The highest BCUT2D eigenvalue weighted by Gasteiger charge is 2.16. The molecule has 0 aliphatic carbocycles. The number of carbonyl (C=O) groups excluding carboxylic acids is 1. The summed E-state index contributed by atoms with van der Waals surface area (Å²) in [5.74, 6) is -0.0354. The third kappa shape index (κ3) is 5.14. The molecule has 1 aromatic rings. The molecule has 1 atom stereocenters. The van der Waals surface area contributed by atoms with Gasteiger partial charge in [-0.3, -0.25) is 4.79 Å². The van der Waals surface area contributed by atoms with Gasteiger partial charge < -0.3 is 10.6 Å². The van der Waals surface area contributed by atoms with Crippen molar-refractivity contribution in [2.24, 2.45) is 0 Å². The molecular formula is C12H18Cl2N2OS. The molecule has 102 valence electrons. The second kappa shape index (κ2) is 6.24. The van der Waals surface area contributed by atoms with Gasteiger partial charge in [-0.2, -0.15) is 0 Å². The van der Waals surface area contributed by atoms with Crippen molar-refractivity contribution in [1.82, 2.24) is 10.6 Å². The van der Waals surface area contributed by atoms with Gasteiger partial charge in [0.1, 0.15) is 0 Å². The molecule has 1 unspecified atom stereocenters. The maximum absolute atomic E-state index is 11.7. The van der Waals surface area contributed by atoms with Crippen molar-refractivity contribution in [2.45, 2.75) is 39.3 Å². The Labute approximate surface area is 122 Å². The number of amides is 1. The molecule has 0 aliphatic rings. The average molecular weight is 309 g/mol. The van der Waals surface area contributed by atoms with E-state index in [0.29, 0.717) is 8.67 Å². The lowest BCUT2D eigenvalue weighted by Gasteiger charge is -2.21. The number of halogens is 2. The summed E-state index contributed by atoms with van der Waals surface area (Å²) in [4.78, 5) is 11.7. The highest BCUT2D eigenvalue weighted by Crippen LogP contribution is 2.34. The summed E-state index contributed by atoms with van der Waals surface area (Å²) in [6.45, 7) is 8.05. The summed E-state index contributed by atoms with van der Waals surface area (Å²) in [6, 6.07) is 1.82. The number of thiophene rings is 1. The van der Waals surface area contributed by atoms with E-state index in [0.717, 1.165) is 5.56 Å². The molecule has 1 heterocycles. The predicted octanol–water partition coefficient (Wildman–Crippen LogP) is 3.62. The molecule has 0 bridgehead atoms. The van der Waals surface area contributed by atoms with Gasteiger partial charge in [0.05, 0.1) is 15.2 Å². The highest BCUT2D eigenvalue weighted by atomic mass is 35.5. The standard InChI is InChI=1S/C12H18Cl2N2OS/c1-7(8-5-9(13)18-11(8)14)15-6-10(17)16-12(2,3)4/h5,7,15H,6H2,1-4H3,(H,16,17). The van der Waals surface area contributed by atoms with Gasteiger partial charge in [-0.05, 0) is 39.3 Å². The van der Waals surface area contributed by atoms with Crippen LogP contribution in [0.5, 0.6) is 0 Å². The summed E-state index contributed by atoms with van der Waals surface area (Å²) in [5, 5.41) is 6.01. The minimum Gasteiger partial charge on any atom is -0.350 e. The molecule has 0 saturated heterocycles. The Balaban J connectivity index is 2.49. The fourth-order valence-corrected chi connectivity index (χ4v) is 3.11. The monoisotopic (exact) mass is 308 g/mol. The lowest BCUT2D eigenvalue weighted by Crippen LogP contribution is -2.45. The van der Waals surface area contributed by atoms with Crippen molar-refractivity contribution in [1.29, 1.82) is 0 Å². The fourth-order valence-electron chi connectivity index (χ4n) is 1.47.